The quantitative estimate of drug-likeness (QED) is 0.446. The van der Waals surface area contributed by atoms with Crippen molar-refractivity contribution >= 4 is 17.8 Å². The summed E-state index contributed by atoms with van der Waals surface area (Å²) >= 11 is 0. The summed E-state index contributed by atoms with van der Waals surface area (Å²) in [6.07, 6.45) is 0. The van der Waals surface area contributed by atoms with Gasteiger partial charge in [0.25, 0.3) is 5.91 Å². The summed E-state index contributed by atoms with van der Waals surface area (Å²) in [5, 5.41) is 2.46. The summed E-state index contributed by atoms with van der Waals surface area (Å²) in [6.45, 7) is 4.85. The van der Waals surface area contributed by atoms with Gasteiger partial charge in [0.05, 0.1) is 0 Å². The topological polar surface area (TPSA) is 113 Å². The lowest BCUT2D eigenvalue weighted by Crippen LogP contribution is -2.54. The van der Waals surface area contributed by atoms with E-state index in [2.05, 4.69) is 10.7 Å². The maximum Gasteiger partial charge on any atom is 0.330 e. The van der Waals surface area contributed by atoms with Crippen molar-refractivity contribution in [3.8, 4) is 0 Å². The zero-order valence-corrected chi connectivity index (χ0v) is 8.96. The highest BCUT2D eigenvalue weighted by Gasteiger charge is 2.22. The largest absolute Gasteiger partial charge is 0.350 e. The summed E-state index contributed by atoms with van der Waals surface area (Å²) in [5.41, 5.74) is 8.80. The van der Waals surface area contributed by atoms with Crippen molar-refractivity contribution in [1.82, 2.24) is 16.2 Å². The Morgan fingerprint density at radius 1 is 1.13 bits per heavy atom. The number of carbonyl (C=O) groups excluding carboxylic acids is 3. The third kappa shape index (κ3) is 5.50. The van der Waals surface area contributed by atoms with Crippen LogP contribution in [0, 0.1) is 5.92 Å². The van der Waals surface area contributed by atoms with Gasteiger partial charge in [-0.3, -0.25) is 15.0 Å². The average Bonchev–Trinajstić information content (AvgIpc) is 2.09. The number of hydrogen-bond acceptors (Lipinski definition) is 3. The van der Waals surface area contributed by atoms with E-state index in [-0.39, 0.29) is 11.8 Å². The van der Waals surface area contributed by atoms with Gasteiger partial charge in [0, 0.05) is 6.92 Å². The summed E-state index contributed by atoms with van der Waals surface area (Å²) in [5.74, 6) is -0.925. The number of carbonyl (C=O) groups is 3. The van der Waals surface area contributed by atoms with Crippen LogP contribution in [-0.4, -0.2) is 23.9 Å². The second kappa shape index (κ2) is 5.84. The fourth-order valence-corrected chi connectivity index (χ4v) is 0.955. The molecule has 0 aliphatic carbocycles. The lowest BCUT2D eigenvalue weighted by atomic mass is 10.0. The molecule has 0 fully saturated rings. The molecule has 7 heteroatoms. The fourth-order valence-electron chi connectivity index (χ4n) is 0.955. The number of nitrogens with one attached hydrogen (secondary N) is 3. The van der Waals surface area contributed by atoms with Crippen molar-refractivity contribution in [1.29, 1.82) is 0 Å². The molecule has 5 N–H and O–H groups in total. The van der Waals surface area contributed by atoms with Crippen LogP contribution in [0.4, 0.5) is 4.79 Å². The molecule has 7 nitrogen and oxygen atoms in total. The molecule has 0 spiro atoms. The van der Waals surface area contributed by atoms with Crippen LogP contribution in [0.3, 0.4) is 0 Å². The molecule has 0 radical (unpaired) electrons. The van der Waals surface area contributed by atoms with Crippen molar-refractivity contribution in [3.63, 3.8) is 0 Å². The van der Waals surface area contributed by atoms with E-state index in [9.17, 15) is 14.4 Å². The first-order valence-corrected chi connectivity index (χ1v) is 4.47. The minimum Gasteiger partial charge on any atom is -0.350 e. The lowest BCUT2D eigenvalue weighted by Gasteiger charge is -2.20. The molecule has 0 rings (SSSR count). The molecule has 0 heterocycles. The van der Waals surface area contributed by atoms with Crippen LogP contribution in [0.1, 0.15) is 20.8 Å². The van der Waals surface area contributed by atoms with Crippen LogP contribution in [0.5, 0.6) is 0 Å². The number of urea groups is 1. The Morgan fingerprint density at radius 2 is 1.67 bits per heavy atom. The first kappa shape index (κ1) is 13.2. The Bertz CT molecular complexity index is 265. The second-order valence-electron chi connectivity index (χ2n) is 3.40. The van der Waals surface area contributed by atoms with Gasteiger partial charge in [-0.2, -0.15) is 0 Å². The Morgan fingerprint density at radius 3 is 2.00 bits per heavy atom. The minimum atomic E-state index is -0.867. The van der Waals surface area contributed by atoms with Crippen LogP contribution >= 0.6 is 0 Å². The highest BCUT2D eigenvalue weighted by atomic mass is 16.2. The van der Waals surface area contributed by atoms with Gasteiger partial charge in [-0.1, -0.05) is 13.8 Å². The summed E-state index contributed by atoms with van der Waals surface area (Å²) in [4.78, 5) is 32.6. The molecule has 0 aromatic heterocycles. The normalized spacial score (nSPS) is 11.7. The zero-order valence-electron chi connectivity index (χ0n) is 8.96. The first-order valence-electron chi connectivity index (χ1n) is 4.47. The van der Waals surface area contributed by atoms with Gasteiger partial charge in [-0.25, -0.2) is 10.2 Å². The van der Waals surface area contributed by atoms with Crippen molar-refractivity contribution in [2.24, 2.45) is 11.7 Å². The molecule has 0 aromatic rings. The third-order valence-corrected chi connectivity index (χ3v) is 1.62. The van der Waals surface area contributed by atoms with Gasteiger partial charge in [0.15, 0.2) is 0 Å². The van der Waals surface area contributed by atoms with Crippen molar-refractivity contribution < 1.29 is 14.4 Å². The van der Waals surface area contributed by atoms with Crippen LogP contribution in [0.25, 0.3) is 0 Å². The Hall–Kier alpha value is -1.79. The fraction of sp³-hybridized carbons (Fsp3) is 0.625. The Kier molecular flexibility index (Phi) is 5.14. The molecule has 0 saturated carbocycles. The highest BCUT2D eigenvalue weighted by molar-refractivity contribution is 5.88. The maximum absolute atomic E-state index is 11.4. The van der Waals surface area contributed by atoms with E-state index in [0.29, 0.717) is 0 Å². The van der Waals surface area contributed by atoms with Crippen LogP contribution in [0.2, 0.25) is 0 Å². The minimum absolute atomic E-state index is 0.0939. The van der Waals surface area contributed by atoms with Crippen LogP contribution in [-0.2, 0) is 9.59 Å². The van der Waals surface area contributed by atoms with Gasteiger partial charge in [-0.05, 0) is 5.92 Å². The zero-order chi connectivity index (χ0) is 12.0. The Labute approximate surface area is 87.7 Å². The Balaban J connectivity index is 4.29. The van der Waals surface area contributed by atoms with E-state index in [1.54, 1.807) is 13.8 Å². The number of amides is 4. The first-order chi connectivity index (χ1) is 6.84. The number of nitrogens with two attached hydrogens (primary N) is 1. The van der Waals surface area contributed by atoms with E-state index < -0.39 is 18.0 Å². The van der Waals surface area contributed by atoms with E-state index >= 15 is 0 Å². The number of hydrazine groups is 1. The molecule has 0 aliphatic heterocycles. The smallest absolute Gasteiger partial charge is 0.330 e. The second-order valence-corrected chi connectivity index (χ2v) is 3.40. The average molecular weight is 216 g/mol. The van der Waals surface area contributed by atoms with E-state index in [4.69, 9.17) is 5.73 Å². The predicted molar refractivity (Wildman–Crippen MR) is 53.3 cm³/mol. The molecule has 0 saturated heterocycles. The number of primary amides is 1. The van der Waals surface area contributed by atoms with E-state index in [1.165, 1.54) is 6.92 Å². The molecular formula is C8H16N4O3. The van der Waals surface area contributed by atoms with Crippen LogP contribution < -0.4 is 21.9 Å². The van der Waals surface area contributed by atoms with Gasteiger partial charge >= 0.3 is 6.03 Å². The summed E-state index contributed by atoms with van der Waals surface area (Å²) in [7, 11) is 0. The van der Waals surface area contributed by atoms with Crippen molar-refractivity contribution in [2.45, 2.75) is 26.8 Å². The maximum atomic E-state index is 11.4. The van der Waals surface area contributed by atoms with E-state index in [1.807, 2.05) is 5.43 Å². The highest BCUT2D eigenvalue weighted by Crippen LogP contribution is 2.00. The molecule has 0 aromatic carbocycles. The molecule has 86 valence electrons. The predicted octanol–water partition coefficient (Wildman–Crippen LogP) is -1.15. The molecule has 0 bridgehead atoms. The van der Waals surface area contributed by atoms with Gasteiger partial charge in [0.2, 0.25) is 5.91 Å². The molecular weight excluding hydrogens is 200 g/mol. The number of rotatable bonds is 3. The molecule has 0 aliphatic rings. The van der Waals surface area contributed by atoms with Crippen molar-refractivity contribution in [2.75, 3.05) is 0 Å². The molecule has 15 heavy (non-hydrogen) atoms. The van der Waals surface area contributed by atoms with Crippen molar-refractivity contribution in [3.05, 3.63) is 0 Å². The SMILES string of the molecule is CC(=O)N[C@H](C(=O)NNC(N)=O)C(C)C. The van der Waals surface area contributed by atoms with Gasteiger partial charge in [0.1, 0.15) is 6.04 Å². The van der Waals surface area contributed by atoms with Gasteiger partial charge in [-0.15, -0.1) is 0 Å². The van der Waals surface area contributed by atoms with Crippen LogP contribution in [0.15, 0.2) is 0 Å². The molecule has 0 unspecified atom stereocenters. The number of hydrogen-bond donors (Lipinski definition) is 4. The standard InChI is InChI=1S/C8H16N4O3/c1-4(2)6(10-5(3)13)7(14)11-12-8(9)15/h4,6H,1-3H3,(H,10,13)(H,11,14)(H3,9,12,15)/t6-/m0/s1. The summed E-state index contributed by atoms with van der Waals surface area (Å²) < 4.78 is 0. The monoisotopic (exact) mass is 216 g/mol. The lowest BCUT2D eigenvalue weighted by molar-refractivity contribution is -0.129. The molecule has 1 atom stereocenters. The van der Waals surface area contributed by atoms with Gasteiger partial charge < -0.3 is 11.1 Å². The summed E-state index contributed by atoms with van der Waals surface area (Å²) in [6, 6.07) is -1.57. The molecule has 4 amide bonds. The third-order valence-electron chi connectivity index (χ3n) is 1.62. The van der Waals surface area contributed by atoms with E-state index in [0.717, 1.165) is 0 Å².